The van der Waals surface area contributed by atoms with Crippen molar-refractivity contribution in [3.63, 3.8) is 0 Å². The largest absolute Gasteiger partial charge is 0.264 e. The van der Waals surface area contributed by atoms with Gasteiger partial charge < -0.3 is 0 Å². The molecule has 0 aromatic rings. The molecule has 0 heterocycles. The SMILES string of the molecule is CCCCCCCCNSN. The van der Waals surface area contributed by atoms with E-state index in [0.717, 1.165) is 6.54 Å². The lowest BCUT2D eigenvalue weighted by molar-refractivity contribution is 0.606. The number of unbranched alkanes of at least 4 members (excludes halogenated alkanes) is 5. The summed E-state index contributed by atoms with van der Waals surface area (Å²) in [5, 5.41) is 5.20. The second-order valence-electron chi connectivity index (χ2n) is 2.78. The number of nitrogens with one attached hydrogen (secondary N) is 1. The first-order chi connectivity index (χ1) is 5.41. The summed E-state index contributed by atoms with van der Waals surface area (Å²) >= 11 is 1.22. The Labute approximate surface area is 74.6 Å². The van der Waals surface area contributed by atoms with Crippen LogP contribution < -0.4 is 9.86 Å². The summed E-state index contributed by atoms with van der Waals surface area (Å²) in [6, 6.07) is 0. The monoisotopic (exact) mass is 176 g/mol. The van der Waals surface area contributed by atoms with E-state index < -0.39 is 0 Å². The molecule has 0 aromatic carbocycles. The average Bonchev–Trinajstić information content (AvgIpc) is 2.03. The summed E-state index contributed by atoms with van der Waals surface area (Å²) in [5.74, 6) is 0. The zero-order chi connectivity index (χ0) is 8.36. The highest BCUT2D eigenvalue weighted by Gasteiger charge is 1.88. The standard InChI is InChI=1S/C8H20N2S/c1-2-3-4-5-6-7-8-10-11-9/h10H,2-9H2,1H3. The molecule has 68 valence electrons. The fourth-order valence-corrected chi connectivity index (χ4v) is 1.30. The molecule has 0 amide bonds. The Kier molecular flexibility index (Phi) is 10.5. The van der Waals surface area contributed by atoms with Crippen molar-refractivity contribution >= 4 is 12.1 Å². The first-order valence-electron chi connectivity index (χ1n) is 4.50. The molecule has 0 aromatic heterocycles. The molecule has 0 aliphatic carbocycles. The molecule has 3 N–H and O–H groups in total. The highest BCUT2D eigenvalue weighted by atomic mass is 32.2. The van der Waals surface area contributed by atoms with Gasteiger partial charge in [-0.3, -0.25) is 9.86 Å². The molecule has 11 heavy (non-hydrogen) atoms. The Balaban J connectivity index is 2.69. The van der Waals surface area contributed by atoms with E-state index in [2.05, 4.69) is 11.6 Å². The van der Waals surface area contributed by atoms with E-state index in [1.54, 1.807) is 0 Å². The van der Waals surface area contributed by atoms with Gasteiger partial charge in [0.15, 0.2) is 0 Å². The normalized spacial score (nSPS) is 10.4. The molecule has 0 saturated carbocycles. The first kappa shape index (κ1) is 11.3. The third kappa shape index (κ3) is 10.3. The maximum Gasteiger partial charge on any atom is 0.00704 e. The molecule has 0 aliphatic heterocycles. The van der Waals surface area contributed by atoms with E-state index in [9.17, 15) is 0 Å². The van der Waals surface area contributed by atoms with Gasteiger partial charge in [0.05, 0.1) is 0 Å². The van der Waals surface area contributed by atoms with Crippen LogP contribution in [-0.4, -0.2) is 6.54 Å². The van der Waals surface area contributed by atoms with Crippen LogP contribution in [0.4, 0.5) is 0 Å². The smallest absolute Gasteiger partial charge is 0.00704 e. The quantitative estimate of drug-likeness (QED) is 0.441. The molecule has 0 aliphatic rings. The van der Waals surface area contributed by atoms with Crippen molar-refractivity contribution in [2.75, 3.05) is 6.54 Å². The molecule has 0 bridgehead atoms. The third-order valence-corrected chi connectivity index (χ3v) is 2.09. The predicted octanol–water partition coefficient (Wildman–Crippen LogP) is 2.46. The van der Waals surface area contributed by atoms with Gasteiger partial charge >= 0.3 is 0 Å². The second-order valence-corrected chi connectivity index (χ2v) is 3.30. The fourth-order valence-electron chi connectivity index (χ4n) is 1.04. The lowest BCUT2D eigenvalue weighted by Crippen LogP contribution is -2.07. The molecular formula is C8H20N2S. The molecule has 0 spiro atoms. The predicted molar refractivity (Wildman–Crippen MR) is 53.2 cm³/mol. The van der Waals surface area contributed by atoms with Crippen molar-refractivity contribution in [2.24, 2.45) is 5.14 Å². The highest BCUT2D eigenvalue weighted by Crippen LogP contribution is 2.04. The summed E-state index contributed by atoms with van der Waals surface area (Å²) < 4.78 is 3.03. The number of hydrogen-bond acceptors (Lipinski definition) is 3. The Morgan fingerprint density at radius 1 is 1.09 bits per heavy atom. The minimum atomic E-state index is 1.05. The zero-order valence-corrected chi connectivity index (χ0v) is 8.25. The summed E-state index contributed by atoms with van der Waals surface area (Å²) in [7, 11) is 0. The molecule has 2 nitrogen and oxygen atoms in total. The summed E-state index contributed by atoms with van der Waals surface area (Å²) in [6.45, 7) is 3.29. The molecular weight excluding hydrogens is 156 g/mol. The van der Waals surface area contributed by atoms with Gasteiger partial charge in [0.1, 0.15) is 0 Å². The Morgan fingerprint density at radius 2 is 1.73 bits per heavy atom. The summed E-state index contributed by atoms with van der Waals surface area (Å²) in [5.41, 5.74) is 0. The van der Waals surface area contributed by atoms with Crippen LogP contribution in [0, 0.1) is 0 Å². The van der Waals surface area contributed by atoms with E-state index in [4.69, 9.17) is 5.14 Å². The van der Waals surface area contributed by atoms with Gasteiger partial charge in [-0.25, -0.2) is 0 Å². The van der Waals surface area contributed by atoms with Gasteiger partial charge in [-0.15, -0.1) is 0 Å². The van der Waals surface area contributed by atoms with Crippen molar-refractivity contribution in [1.29, 1.82) is 0 Å². The summed E-state index contributed by atoms with van der Waals surface area (Å²) in [4.78, 5) is 0. The van der Waals surface area contributed by atoms with Crippen molar-refractivity contribution in [3.8, 4) is 0 Å². The number of hydrogen-bond donors (Lipinski definition) is 2. The van der Waals surface area contributed by atoms with Crippen LogP contribution in [0.25, 0.3) is 0 Å². The number of nitrogens with two attached hydrogens (primary N) is 1. The third-order valence-electron chi connectivity index (χ3n) is 1.72. The van der Waals surface area contributed by atoms with Gasteiger partial charge in [-0.05, 0) is 6.42 Å². The first-order valence-corrected chi connectivity index (χ1v) is 5.38. The molecule has 3 heteroatoms. The van der Waals surface area contributed by atoms with Crippen LogP contribution in [0.15, 0.2) is 0 Å². The van der Waals surface area contributed by atoms with Crippen LogP contribution in [0.3, 0.4) is 0 Å². The van der Waals surface area contributed by atoms with Gasteiger partial charge in [0.25, 0.3) is 0 Å². The zero-order valence-electron chi connectivity index (χ0n) is 7.44. The molecule has 0 rings (SSSR count). The van der Waals surface area contributed by atoms with Crippen LogP contribution in [-0.2, 0) is 0 Å². The maximum absolute atomic E-state index is 5.20. The van der Waals surface area contributed by atoms with Crippen molar-refractivity contribution < 1.29 is 0 Å². The highest BCUT2D eigenvalue weighted by molar-refractivity contribution is 7.95. The Bertz CT molecular complexity index is 61.1. The lowest BCUT2D eigenvalue weighted by atomic mass is 10.1. The van der Waals surface area contributed by atoms with E-state index in [-0.39, 0.29) is 0 Å². The van der Waals surface area contributed by atoms with Gasteiger partial charge in [-0.1, -0.05) is 39.0 Å². The van der Waals surface area contributed by atoms with Crippen LogP contribution >= 0.6 is 12.1 Å². The van der Waals surface area contributed by atoms with E-state index in [0.29, 0.717) is 0 Å². The molecule has 0 saturated heterocycles. The maximum atomic E-state index is 5.20. The van der Waals surface area contributed by atoms with Gasteiger partial charge in [0.2, 0.25) is 0 Å². The van der Waals surface area contributed by atoms with Crippen LogP contribution in [0.5, 0.6) is 0 Å². The van der Waals surface area contributed by atoms with E-state index >= 15 is 0 Å². The van der Waals surface area contributed by atoms with Crippen LogP contribution in [0.1, 0.15) is 45.4 Å². The van der Waals surface area contributed by atoms with Crippen molar-refractivity contribution in [2.45, 2.75) is 45.4 Å². The average molecular weight is 176 g/mol. The minimum absolute atomic E-state index is 1.05. The van der Waals surface area contributed by atoms with Crippen LogP contribution in [0.2, 0.25) is 0 Å². The number of rotatable bonds is 8. The second kappa shape index (κ2) is 10.3. The van der Waals surface area contributed by atoms with Gasteiger partial charge in [0, 0.05) is 18.7 Å². The minimum Gasteiger partial charge on any atom is -0.264 e. The van der Waals surface area contributed by atoms with E-state index in [1.165, 1.54) is 50.7 Å². The molecule has 0 atom stereocenters. The Hall–Kier alpha value is 0.270. The molecule has 0 radical (unpaired) electrons. The van der Waals surface area contributed by atoms with E-state index in [1.807, 2.05) is 0 Å². The van der Waals surface area contributed by atoms with Gasteiger partial charge in [-0.2, -0.15) is 0 Å². The summed E-state index contributed by atoms with van der Waals surface area (Å²) in [6.07, 6.45) is 8.09. The Morgan fingerprint density at radius 3 is 2.36 bits per heavy atom. The topological polar surface area (TPSA) is 38.0 Å². The molecule has 0 fully saturated rings. The lowest BCUT2D eigenvalue weighted by Gasteiger charge is -2.00. The van der Waals surface area contributed by atoms with Crippen molar-refractivity contribution in [1.82, 2.24) is 4.72 Å². The van der Waals surface area contributed by atoms with Crippen molar-refractivity contribution in [3.05, 3.63) is 0 Å². The fraction of sp³-hybridized carbons (Fsp3) is 1.00. The molecule has 0 unspecified atom stereocenters.